The fourth-order valence-corrected chi connectivity index (χ4v) is 2.69. The van der Waals surface area contributed by atoms with Crippen LogP contribution in [0.4, 0.5) is 0 Å². The Kier molecular flexibility index (Phi) is 4.44. The Labute approximate surface area is 112 Å². The van der Waals surface area contributed by atoms with Crippen LogP contribution in [0.5, 0.6) is 0 Å². The summed E-state index contributed by atoms with van der Waals surface area (Å²) in [6.45, 7) is 3.94. The van der Waals surface area contributed by atoms with Gasteiger partial charge in [0.2, 0.25) is 0 Å². The number of hydrogen-bond donors (Lipinski definition) is 1. The van der Waals surface area contributed by atoms with E-state index in [0.717, 1.165) is 36.2 Å². The van der Waals surface area contributed by atoms with Gasteiger partial charge in [-0.25, -0.2) is 0 Å². The quantitative estimate of drug-likeness (QED) is 0.900. The third kappa shape index (κ3) is 3.15. The molecule has 2 rings (SSSR count). The van der Waals surface area contributed by atoms with Crippen LogP contribution in [0.3, 0.4) is 0 Å². The zero-order valence-corrected chi connectivity index (χ0v) is 11.6. The molecule has 1 atom stereocenters. The van der Waals surface area contributed by atoms with Crippen LogP contribution in [0, 0.1) is 6.92 Å². The average Bonchev–Trinajstić information content (AvgIpc) is 2.89. The van der Waals surface area contributed by atoms with Gasteiger partial charge in [-0.2, -0.15) is 21.5 Å². The molecule has 0 saturated carbocycles. The second-order valence-corrected chi connectivity index (χ2v) is 5.21. The van der Waals surface area contributed by atoms with E-state index in [9.17, 15) is 5.11 Å². The Bertz CT molecular complexity index is 497. The topological polar surface area (TPSA) is 46.0 Å². The van der Waals surface area contributed by atoms with Gasteiger partial charge in [-0.15, -0.1) is 0 Å². The third-order valence-electron chi connectivity index (χ3n) is 3.01. The lowest BCUT2D eigenvalue weighted by Crippen LogP contribution is -2.07. The molecular weight excluding hydrogens is 244 g/mol. The maximum atomic E-state index is 10.3. The number of thiophene rings is 1. The fraction of sp³-hybridized carbons (Fsp3) is 0.429. The minimum Gasteiger partial charge on any atom is -0.388 e. The molecule has 0 amide bonds. The molecule has 0 radical (unpaired) electrons. The van der Waals surface area contributed by atoms with Crippen molar-refractivity contribution in [2.75, 3.05) is 0 Å². The standard InChI is InChI=1S/C14H18N2OS/c1-3-13-12(8-10(2)15-16-13)14(17)5-4-11-6-7-18-9-11/h6-9,14,17H,3-5H2,1-2H3. The molecule has 0 aromatic carbocycles. The summed E-state index contributed by atoms with van der Waals surface area (Å²) < 4.78 is 0. The predicted octanol–water partition coefficient (Wildman–Crippen LogP) is 3.08. The molecule has 2 heterocycles. The van der Waals surface area contributed by atoms with Gasteiger partial charge in [0.05, 0.1) is 17.5 Å². The summed E-state index contributed by atoms with van der Waals surface area (Å²) >= 11 is 1.69. The maximum absolute atomic E-state index is 10.3. The van der Waals surface area contributed by atoms with Gasteiger partial charge in [-0.3, -0.25) is 0 Å². The van der Waals surface area contributed by atoms with Crippen molar-refractivity contribution in [3.8, 4) is 0 Å². The van der Waals surface area contributed by atoms with Gasteiger partial charge in [0.15, 0.2) is 0 Å². The van der Waals surface area contributed by atoms with E-state index >= 15 is 0 Å². The highest BCUT2D eigenvalue weighted by molar-refractivity contribution is 7.07. The van der Waals surface area contributed by atoms with Crippen molar-refractivity contribution in [3.05, 3.63) is 45.4 Å². The normalized spacial score (nSPS) is 12.6. The molecule has 0 fully saturated rings. The molecule has 0 spiro atoms. The van der Waals surface area contributed by atoms with Gasteiger partial charge >= 0.3 is 0 Å². The molecule has 1 N–H and O–H groups in total. The predicted molar refractivity (Wildman–Crippen MR) is 73.7 cm³/mol. The highest BCUT2D eigenvalue weighted by Crippen LogP contribution is 2.22. The van der Waals surface area contributed by atoms with Crippen molar-refractivity contribution in [1.82, 2.24) is 10.2 Å². The Hall–Kier alpha value is -1.26. The first-order valence-electron chi connectivity index (χ1n) is 6.23. The van der Waals surface area contributed by atoms with Crippen molar-refractivity contribution in [3.63, 3.8) is 0 Å². The monoisotopic (exact) mass is 262 g/mol. The molecule has 0 aliphatic heterocycles. The molecule has 2 aromatic heterocycles. The summed E-state index contributed by atoms with van der Waals surface area (Å²) in [6, 6.07) is 4.05. The van der Waals surface area contributed by atoms with Crippen LogP contribution >= 0.6 is 11.3 Å². The van der Waals surface area contributed by atoms with E-state index in [1.165, 1.54) is 5.56 Å². The molecule has 2 aromatic rings. The molecule has 18 heavy (non-hydrogen) atoms. The lowest BCUT2D eigenvalue weighted by atomic mass is 10.0. The summed E-state index contributed by atoms with van der Waals surface area (Å²) in [4.78, 5) is 0. The highest BCUT2D eigenvalue weighted by Gasteiger charge is 2.13. The number of aryl methyl sites for hydroxylation is 3. The smallest absolute Gasteiger partial charge is 0.0812 e. The van der Waals surface area contributed by atoms with E-state index in [2.05, 4.69) is 27.0 Å². The number of aliphatic hydroxyl groups is 1. The molecule has 96 valence electrons. The average molecular weight is 262 g/mol. The molecule has 0 saturated heterocycles. The number of rotatable bonds is 5. The molecular formula is C14H18N2OS. The van der Waals surface area contributed by atoms with Crippen LogP contribution in [0.2, 0.25) is 0 Å². The van der Waals surface area contributed by atoms with E-state index in [1.54, 1.807) is 11.3 Å². The number of nitrogens with zero attached hydrogens (tertiary/aromatic N) is 2. The van der Waals surface area contributed by atoms with Crippen LogP contribution in [0.15, 0.2) is 22.9 Å². The number of hydrogen-bond acceptors (Lipinski definition) is 4. The van der Waals surface area contributed by atoms with Gasteiger partial charge in [0, 0.05) is 5.56 Å². The fourth-order valence-electron chi connectivity index (χ4n) is 1.99. The molecule has 0 aliphatic rings. The van der Waals surface area contributed by atoms with Crippen LogP contribution in [0.1, 0.15) is 42.0 Å². The van der Waals surface area contributed by atoms with Gasteiger partial charge in [0.1, 0.15) is 0 Å². The molecule has 4 heteroatoms. The summed E-state index contributed by atoms with van der Waals surface area (Å²) in [6.07, 6.45) is 1.98. The van der Waals surface area contributed by atoms with Crippen molar-refractivity contribution in [1.29, 1.82) is 0 Å². The Morgan fingerprint density at radius 1 is 1.39 bits per heavy atom. The van der Waals surface area contributed by atoms with Gasteiger partial charge < -0.3 is 5.11 Å². The lowest BCUT2D eigenvalue weighted by molar-refractivity contribution is 0.166. The SMILES string of the molecule is CCc1nnc(C)cc1C(O)CCc1ccsc1. The van der Waals surface area contributed by atoms with Crippen LogP contribution in [0.25, 0.3) is 0 Å². The highest BCUT2D eigenvalue weighted by atomic mass is 32.1. The zero-order chi connectivity index (χ0) is 13.0. The first-order chi connectivity index (χ1) is 8.70. The van der Waals surface area contributed by atoms with Gasteiger partial charge in [-0.1, -0.05) is 6.92 Å². The third-order valence-corrected chi connectivity index (χ3v) is 3.74. The summed E-state index contributed by atoms with van der Waals surface area (Å²) in [5.74, 6) is 0. The molecule has 3 nitrogen and oxygen atoms in total. The number of aliphatic hydroxyl groups excluding tert-OH is 1. The molecule has 0 aliphatic carbocycles. The Morgan fingerprint density at radius 2 is 2.22 bits per heavy atom. The lowest BCUT2D eigenvalue weighted by Gasteiger charge is -2.13. The second kappa shape index (κ2) is 6.07. The van der Waals surface area contributed by atoms with Gasteiger partial charge in [-0.05, 0) is 54.6 Å². The Balaban J connectivity index is 2.08. The summed E-state index contributed by atoms with van der Waals surface area (Å²) in [5, 5.41) is 22.7. The largest absolute Gasteiger partial charge is 0.388 e. The van der Waals surface area contributed by atoms with E-state index < -0.39 is 6.10 Å². The van der Waals surface area contributed by atoms with E-state index in [-0.39, 0.29) is 0 Å². The van der Waals surface area contributed by atoms with Crippen LogP contribution < -0.4 is 0 Å². The van der Waals surface area contributed by atoms with E-state index in [1.807, 2.05) is 19.9 Å². The maximum Gasteiger partial charge on any atom is 0.0812 e. The Morgan fingerprint density at radius 3 is 2.89 bits per heavy atom. The summed E-state index contributed by atoms with van der Waals surface area (Å²) in [5.41, 5.74) is 3.98. The van der Waals surface area contributed by atoms with Crippen molar-refractivity contribution in [2.24, 2.45) is 0 Å². The van der Waals surface area contributed by atoms with E-state index in [0.29, 0.717) is 0 Å². The van der Waals surface area contributed by atoms with Crippen LogP contribution in [-0.4, -0.2) is 15.3 Å². The minimum absolute atomic E-state index is 0.450. The van der Waals surface area contributed by atoms with Crippen molar-refractivity contribution in [2.45, 2.75) is 39.2 Å². The molecule has 1 unspecified atom stereocenters. The first kappa shape index (κ1) is 13.2. The summed E-state index contributed by atoms with van der Waals surface area (Å²) in [7, 11) is 0. The first-order valence-corrected chi connectivity index (χ1v) is 7.17. The van der Waals surface area contributed by atoms with Crippen LogP contribution in [-0.2, 0) is 12.8 Å². The van der Waals surface area contributed by atoms with E-state index in [4.69, 9.17) is 0 Å². The minimum atomic E-state index is -0.450. The zero-order valence-electron chi connectivity index (χ0n) is 10.8. The number of aromatic nitrogens is 2. The van der Waals surface area contributed by atoms with Gasteiger partial charge in [0.25, 0.3) is 0 Å². The molecule has 0 bridgehead atoms. The van der Waals surface area contributed by atoms with Crippen molar-refractivity contribution < 1.29 is 5.11 Å². The second-order valence-electron chi connectivity index (χ2n) is 4.43. The van der Waals surface area contributed by atoms with Crippen molar-refractivity contribution >= 4 is 11.3 Å².